The summed E-state index contributed by atoms with van der Waals surface area (Å²) in [6, 6.07) is 22.5. The van der Waals surface area contributed by atoms with Crippen molar-refractivity contribution >= 4 is 39.6 Å². The minimum Gasteiger partial charge on any atom is -0.488 e. The number of hydrogen-bond donors (Lipinski definition) is 2. The number of anilines is 1. The lowest BCUT2D eigenvalue weighted by atomic mass is 10.1. The summed E-state index contributed by atoms with van der Waals surface area (Å²) >= 11 is 3.41. The average molecular weight is 480 g/mol. The standard InChI is InChI=1S/C24H22BrN3O3/c1-2-17-9-13-21(14-10-17)27-23(29)24(30)28-26-15-19-5-3-4-6-22(19)31-16-18-7-11-20(25)12-8-18/h3-15H,2,16H2,1H3,(H,27,29)(H,28,30)/b26-15+. The Labute approximate surface area is 189 Å². The highest BCUT2D eigenvalue weighted by atomic mass is 79.9. The van der Waals surface area contributed by atoms with Crippen LogP contribution in [0.4, 0.5) is 5.69 Å². The van der Waals surface area contributed by atoms with Crippen LogP contribution in [0.3, 0.4) is 0 Å². The first-order valence-electron chi connectivity index (χ1n) is 9.74. The van der Waals surface area contributed by atoms with Crippen LogP contribution < -0.4 is 15.5 Å². The van der Waals surface area contributed by atoms with Gasteiger partial charge in [0, 0.05) is 15.7 Å². The molecule has 0 bridgehead atoms. The summed E-state index contributed by atoms with van der Waals surface area (Å²) in [6.07, 6.45) is 2.34. The second-order valence-electron chi connectivity index (χ2n) is 6.66. The van der Waals surface area contributed by atoms with Crippen molar-refractivity contribution in [2.75, 3.05) is 5.32 Å². The zero-order chi connectivity index (χ0) is 22.1. The van der Waals surface area contributed by atoms with Crippen molar-refractivity contribution in [2.45, 2.75) is 20.0 Å². The van der Waals surface area contributed by atoms with Gasteiger partial charge in [0.25, 0.3) is 0 Å². The molecule has 0 heterocycles. The summed E-state index contributed by atoms with van der Waals surface area (Å²) in [5.74, 6) is -1.03. The van der Waals surface area contributed by atoms with Crippen molar-refractivity contribution in [3.05, 3.63) is 94.0 Å². The smallest absolute Gasteiger partial charge is 0.329 e. The lowest BCUT2D eigenvalue weighted by molar-refractivity contribution is -0.136. The maximum absolute atomic E-state index is 12.0. The minimum atomic E-state index is -0.857. The molecule has 6 nitrogen and oxygen atoms in total. The molecule has 0 spiro atoms. The fraction of sp³-hybridized carbons (Fsp3) is 0.125. The van der Waals surface area contributed by atoms with E-state index >= 15 is 0 Å². The van der Waals surface area contributed by atoms with Crippen LogP contribution in [-0.2, 0) is 22.6 Å². The molecule has 0 aliphatic carbocycles. The van der Waals surface area contributed by atoms with Crippen LogP contribution in [0.2, 0.25) is 0 Å². The van der Waals surface area contributed by atoms with E-state index < -0.39 is 11.8 Å². The molecule has 0 radical (unpaired) electrons. The molecule has 0 saturated carbocycles. The summed E-state index contributed by atoms with van der Waals surface area (Å²) < 4.78 is 6.87. The highest BCUT2D eigenvalue weighted by Gasteiger charge is 2.13. The van der Waals surface area contributed by atoms with Gasteiger partial charge in [0.15, 0.2) is 0 Å². The van der Waals surface area contributed by atoms with E-state index in [1.54, 1.807) is 12.1 Å². The Morgan fingerprint density at radius 1 is 0.935 bits per heavy atom. The Kier molecular flexibility index (Phi) is 7.95. The topological polar surface area (TPSA) is 79.8 Å². The van der Waals surface area contributed by atoms with E-state index in [0.717, 1.165) is 22.0 Å². The maximum atomic E-state index is 12.0. The summed E-state index contributed by atoms with van der Waals surface area (Å²) in [5.41, 5.74) is 5.63. The van der Waals surface area contributed by atoms with Crippen LogP contribution >= 0.6 is 15.9 Å². The minimum absolute atomic E-state index is 0.393. The van der Waals surface area contributed by atoms with Crippen molar-refractivity contribution in [3.63, 3.8) is 0 Å². The van der Waals surface area contributed by atoms with Crippen LogP contribution in [0.25, 0.3) is 0 Å². The van der Waals surface area contributed by atoms with E-state index in [0.29, 0.717) is 23.6 Å². The molecule has 0 atom stereocenters. The Morgan fingerprint density at radius 3 is 2.32 bits per heavy atom. The van der Waals surface area contributed by atoms with Crippen LogP contribution in [0.15, 0.2) is 82.4 Å². The molecule has 7 heteroatoms. The predicted octanol–water partition coefficient (Wildman–Crippen LogP) is 4.68. The van der Waals surface area contributed by atoms with Crippen LogP contribution in [0.5, 0.6) is 5.75 Å². The van der Waals surface area contributed by atoms with Crippen molar-refractivity contribution < 1.29 is 14.3 Å². The van der Waals surface area contributed by atoms with Gasteiger partial charge in [-0.2, -0.15) is 5.10 Å². The zero-order valence-electron chi connectivity index (χ0n) is 17.0. The highest BCUT2D eigenvalue weighted by Crippen LogP contribution is 2.18. The number of nitrogens with one attached hydrogen (secondary N) is 2. The normalized spacial score (nSPS) is 10.6. The van der Waals surface area contributed by atoms with E-state index in [1.807, 2.05) is 67.6 Å². The number of carbonyl (C=O) groups is 2. The molecule has 2 N–H and O–H groups in total. The van der Waals surface area contributed by atoms with E-state index in [2.05, 4.69) is 31.8 Å². The quantitative estimate of drug-likeness (QED) is 0.293. The zero-order valence-corrected chi connectivity index (χ0v) is 18.6. The number of rotatable bonds is 7. The second kappa shape index (κ2) is 11.1. The predicted molar refractivity (Wildman–Crippen MR) is 125 cm³/mol. The Morgan fingerprint density at radius 2 is 1.61 bits per heavy atom. The third kappa shape index (κ3) is 6.79. The van der Waals surface area contributed by atoms with Gasteiger partial charge in [-0.25, -0.2) is 5.43 Å². The molecule has 3 rings (SSSR count). The summed E-state index contributed by atoms with van der Waals surface area (Å²) in [4.78, 5) is 24.0. The number of hydrazone groups is 1. The van der Waals surface area contributed by atoms with Gasteiger partial charge in [-0.05, 0) is 53.9 Å². The fourth-order valence-corrected chi connectivity index (χ4v) is 2.95. The molecular weight excluding hydrogens is 458 g/mol. The monoisotopic (exact) mass is 479 g/mol. The molecule has 0 saturated heterocycles. The first-order valence-corrected chi connectivity index (χ1v) is 10.5. The number of amides is 2. The van der Waals surface area contributed by atoms with Crippen molar-refractivity contribution in [3.8, 4) is 5.75 Å². The van der Waals surface area contributed by atoms with Crippen molar-refractivity contribution in [1.82, 2.24) is 5.43 Å². The molecule has 3 aromatic rings. The van der Waals surface area contributed by atoms with Gasteiger partial charge in [-0.15, -0.1) is 0 Å². The highest BCUT2D eigenvalue weighted by molar-refractivity contribution is 9.10. The Balaban J connectivity index is 1.55. The van der Waals surface area contributed by atoms with Crippen molar-refractivity contribution in [2.24, 2.45) is 5.10 Å². The molecule has 0 aliphatic rings. The molecule has 3 aromatic carbocycles. The summed E-state index contributed by atoms with van der Waals surface area (Å²) in [6.45, 7) is 2.44. The third-order valence-corrected chi connectivity index (χ3v) is 4.95. The SMILES string of the molecule is CCc1ccc(NC(=O)C(=O)N/N=C/c2ccccc2OCc2ccc(Br)cc2)cc1. The van der Waals surface area contributed by atoms with Gasteiger partial charge in [0.1, 0.15) is 12.4 Å². The Hall–Kier alpha value is -3.45. The first kappa shape index (κ1) is 22.2. The molecule has 2 amide bonds. The van der Waals surface area contributed by atoms with Gasteiger partial charge in [0.05, 0.1) is 6.21 Å². The van der Waals surface area contributed by atoms with Gasteiger partial charge in [0.2, 0.25) is 0 Å². The van der Waals surface area contributed by atoms with Crippen LogP contribution in [0, 0.1) is 0 Å². The van der Waals surface area contributed by atoms with Gasteiger partial charge in [-0.3, -0.25) is 9.59 Å². The average Bonchev–Trinajstić information content (AvgIpc) is 2.80. The number of carbonyl (C=O) groups excluding carboxylic acids is 2. The molecule has 0 unspecified atom stereocenters. The van der Waals surface area contributed by atoms with E-state index in [9.17, 15) is 9.59 Å². The molecule has 0 aromatic heterocycles. The number of ether oxygens (including phenoxy) is 1. The van der Waals surface area contributed by atoms with E-state index in [1.165, 1.54) is 6.21 Å². The van der Waals surface area contributed by atoms with Crippen LogP contribution in [0.1, 0.15) is 23.6 Å². The molecular formula is C24H22BrN3O3. The van der Waals surface area contributed by atoms with Gasteiger partial charge < -0.3 is 10.1 Å². The second-order valence-corrected chi connectivity index (χ2v) is 7.57. The summed E-state index contributed by atoms with van der Waals surface area (Å²) in [5, 5.41) is 6.43. The molecule has 158 valence electrons. The maximum Gasteiger partial charge on any atom is 0.329 e. The number of para-hydroxylation sites is 1. The summed E-state index contributed by atoms with van der Waals surface area (Å²) in [7, 11) is 0. The van der Waals surface area contributed by atoms with Gasteiger partial charge >= 0.3 is 11.8 Å². The number of hydrogen-bond acceptors (Lipinski definition) is 4. The van der Waals surface area contributed by atoms with E-state index in [-0.39, 0.29) is 0 Å². The fourth-order valence-electron chi connectivity index (χ4n) is 2.68. The van der Waals surface area contributed by atoms with Crippen molar-refractivity contribution in [1.29, 1.82) is 0 Å². The molecule has 31 heavy (non-hydrogen) atoms. The largest absolute Gasteiger partial charge is 0.488 e. The number of benzene rings is 3. The molecule has 0 fully saturated rings. The number of nitrogens with zero attached hydrogens (tertiary/aromatic N) is 1. The lowest BCUT2D eigenvalue weighted by Crippen LogP contribution is -2.32. The van der Waals surface area contributed by atoms with E-state index in [4.69, 9.17) is 4.74 Å². The first-order chi connectivity index (χ1) is 15.0. The lowest BCUT2D eigenvalue weighted by Gasteiger charge is -2.09. The molecule has 0 aliphatic heterocycles. The number of halogens is 1. The van der Waals surface area contributed by atoms with Gasteiger partial charge in [-0.1, -0.05) is 59.3 Å². The third-order valence-electron chi connectivity index (χ3n) is 4.42. The van der Waals surface area contributed by atoms with Crippen LogP contribution in [-0.4, -0.2) is 18.0 Å². The Bertz CT molecular complexity index is 1060. The number of aryl methyl sites for hydroxylation is 1.